The van der Waals surface area contributed by atoms with Crippen molar-refractivity contribution in [3.05, 3.63) is 12.2 Å². The number of nitrogens with zero attached hydrogens (tertiary/aromatic N) is 1. The Balaban J connectivity index is 3.54. The van der Waals surface area contributed by atoms with Gasteiger partial charge in [-0.25, -0.2) is 0 Å². The first-order chi connectivity index (χ1) is 15.8. The van der Waals surface area contributed by atoms with Gasteiger partial charge >= 0.3 is 7.60 Å². The molecule has 0 aromatic carbocycles. The molecule has 4 nitrogen and oxygen atoms in total. The van der Waals surface area contributed by atoms with Gasteiger partial charge in [-0.1, -0.05) is 103 Å². The normalized spacial score (nSPS) is 15.2. The molecule has 0 amide bonds. The monoisotopic (exact) mass is 488 g/mol. The van der Waals surface area contributed by atoms with Crippen molar-refractivity contribution in [3.63, 3.8) is 0 Å². The Hall–Kier alpha value is -0.150. The molecule has 2 atom stereocenters. The minimum Gasteiger partial charge on any atom is -0.320 e. The quantitative estimate of drug-likeness (QED) is 0.0637. The largest absolute Gasteiger partial charge is 0.385 e. The number of unbranched alkanes of at least 4 members (excludes halogenated alkanes) is 15. The molecule has 0 saturated heterocycles. The van der Waals surface area contributed by atoms with Gasteiger partial charge in [0.1, 0.15) is 0 Å². The van der Waals surface area contributed by atoms with E-state index in [-0.39, 0.29) is 5.78 Å². The third-order valence-electron chi connectivity index (χ3n) is 6.50. The molecular weight excluding hydrogens is 429 g/mol. The molecule has 198 valence electrons. The fourth-order valence-corrected chi connectivity index (χ4v) is 6.43. The van der Waals surface area contributed by atoms with E-state index in [1.165, 1.54) is 83.5 Å². The predicted molar refractivity (Wildman–Crippen MR) is 146 cm³/mol. The van der Waals surface area contributed by atoms with Gasteiger partial charge in [-0.05, 0) is 38.5 Å². The van der Waals surface area contributed by atoms with Crippen LogP contribution in [0.25, 0.3) is 0 Å². The maximum Gasteiger partial charge on any atom is 0.385 e. The lowest BCUT2D eigenvalue weighted by atomic mass is 10.1. The predicted octanol–water partition coefficient (Wildman–Crippen LogP) is 9.23. The van der Waals surface area contributed by atoms with Crippen LogP contribution in [0.5, 0.6) is 0 Å². The van der Waals surface area contributed by atoms with Gasteiger partial charge in [0.2, 0.25) is 0 Å². The van der Waals surface area contributed by atoms with Crippen molar-refractivity contribution < 1.29 is 18.5 Å². The summed E-state index contributed by atoms with van der Waals surface area (Å²) in [5.74, 6) is -0.340. The van der Waals surface area contributed by atoms with E-state index < -0.39 is 7.60 Å². The van der Waals surface area contributed by atoms with E-state index in [2.05, 4.69) is 26.0 Å². The highest BCUT2D eigenvalue weighted by atomic mass is 31.2. The fourth-order valence-electron chi connectivity index (χ4n) is 4.41. The van der Waals surface area contributed by atoms with Gasteiger partial charge in [-0.2, -0.15) is 0 Å². The van der Waals surface area contributed by atoms with Crippen LogP contribution < -0.4 is 0 Å². The summed E-state index contributed by atoms with van der Waals surface area (Å²) in [5.41, 5.74) is 0. The van der Waals surface area contributed by atoms with E-state index in [0.717, 1.165) is 32.1 Å². The standard InChI is InChI=1S/C28H58NO3P/c1-6-8-9-10-11-12-13-14-15-16-17-18-19-20-21-22-23-24-25-27-32-33(30,31)28(26-7-2)29(3,4)5/h19-20,28H,6-18,21-27H2,1-5H3/p+1/b20-19-. The number of quaternary nitrogens is 1. The molecule has 33 heavy (non-hydrogen) atoms. The van der Waals surface area contributed by atoms with Crippen molar-refractivity contribution in [1.29, 1.82) is 0 Å². The van der Waals surface area contributed by atoms with Gasteiger partial charge < -0.3 is 13.9 Å². The summed E-state index contributed by atoms with van der Waals surface area (Å²) in [5, 5.41) is 0. The van der Waals surface area contributed by atoms with Crippen LogP contribution in [0.4, 0.5) is 0 Å². The molecule has 0 aromatic rings. The minimum atomic E-state index is -3.57. The second-order valence-corrected chi connectivity index (χ2v) is 12.8. The third-order valence-corrected chi connectivity index (χ3v) is 8.76. The Labute approximate surface area is 207 Å². The molecule has 0 aliphatic heterocycles. The number of rotatable bonds is 24. The summed E-state index contributed by atoms with van der Waals surface area (Å²) in [6.45, 7) is 4.72. The summed E-state index contributed by atoms with van der Waals surface area (Å²) in [7, 11) is 2.34. The summed E-state index contributed by atoms with van der Waals surface area (Å²) in [6, 6.07) is 0. The zero-order chi connectivity index (χ0) is 24.8. The highest BCUT2D eigenvalue weighted by Gasteiger charge is 2.41. The molecule has 0 spiro atoms. The van der Waals surface area contributed by atoms with Crippen LogP contribution in [0.1, 0.15) is 136 Å². The first kappa shape index (κ1) is 32.8. The van der Waals surface area contributed by atoms with Crippen LogP contribution in [-0.2, 0) is 9.09 Å². The zero-order valence-electron chi connectivity index (χ0n) is 23.0. The summed E-state index contributed by atoms with van der Waals surface area (Å²) >= 11 is 0. The van der Waals surface area contributed by atoms with Gasteiger partial charge in [0.15, 0.2) is 5.78 Å². The van der Waals surface area contributed by atoms with Crippen LogP contribution in [0.15, 0.2) is 12.2 Å². The lowest BCUT2D eigenvalue weighted by Gasteiger charge is -2.35. The van der Waals surface area contributed by atoms with Gasteiger partial charge in [0.05, 0.1) is 27.7 Å². The topological polar surface area (TPSA) is 46.5 Å². The van der Waals surface area contributed by atoms with Crippen molar-refractivity contribution in [1.82, 2.24) is 0 Å². The average Bonchev–Trinajstić information content (AvgIpc) is 2.75. The molecule has 0 fully saturated rings. The lowest BCUT2D eigenvalue weighted by Crippen LogP contribution is -2.45. The van der Waals surface area contributed by atoms with E-state index in [1.54, 1.807) is 0 Å². The summed E-state index contributed by atoms with van der Waals surface area (Å²) < 4.78 is 18.6. The molecule has 0 saturated carbocycles. The van der Waals surface area contributed by atoms with Crippen molar-refractivity contribution in [2.75, 3.05) is 27.7 Å². The third kappa shape index (κ3) is 19.8. The Morgan fingerprint density at radius 3 is 1.55 bits per heavy atom. The van der Waals surface area contributed by atoms with Crippen LogP contribution >= 0.6 is 7.60 Å². The van der Waals surface area contributed by atoms with Gasteiger partial charge in [-0.3, -0.25) is 4.57 Å². The van der Waals surface area contributed by atoms with Gasteiger partial charge in [-0.15, -0.1) is 0 Å². The molecule has 0 bridgehead atoms. The number of allylic oxidation sites excluding steroid dienone is 2. The Morgan fingerprint density at radius 1 is 0.697 bits per heavy atom. The number of hydrogen-bond acceptors (Lipinski definition) is 2. The molecule has 0 aliphatic rings. The van der Waals surface area contributed by atoms with Crippen LogP contribution in [0, 0.1) is 0 Å². The van der Waals surface area contributed by atoms with Crippen molar-refractivity contribution in [2.45, 2.75) is 142 Å². The van der Waals surface area contributed by atoms with E-state index in [0.29, 0.717) is 17.5 Å². The van der Waals surface area contributed by atoms with Crippen LogP contribution in [-0.4, -0.2) is 42.9 Å². The maximum absolute atomic E-state index is 12.7. The molecule has 5 heteroatoms. The lowest BCUT2D eigenvalue weighted by molar-refractivity contribution is -0.883. The Morgan fingerprint density at radius 2 is 1.12 bits per heavy atom. The molecule has 0 aromatic heterocycles. The molecule has 0 heterocycles. The maximum atomic E-state index is 12.7. The number of hydrogen-bond donors (Lipinski definition) is 1. The Bertz CT molecular complexity index is 502. The highest BCUT2D eigenvalue weighted by Crippen LogP contribution is 2.51. The second kappa shape index (κ2) is 21.2. The second-order valence-electron chi connectivity index (χ2n) is 10.8. The first-order valence-corrected chi connectivity index (χ1v) is 15.8. The SMILES string of the molecule is CCCCCCCCCCCCC/C=C\CCCCCCOP(=O)(O)C(CCC)[N+](C)(C)C. The summed E-state index contributed by atoms with van der Waals surface area (Å²) in [4.78, 5) is 10.4. The Kier molecular flexibility index (Phi) is 21.1. The summed E-state index contributed by atoms with van der Waals surface area (Å²) in [6.07, 6.45) is 28.4. The van der Waals surface area contributed by atoms with Crippen molar-refractivity contribution in [2.24, 2.45) is 0 Å². The van der Waals surface area contributed by atoms with Gasteiger partial charge in [0, 0.05) is 6.42 Å². The van der Waals surface area contributed by atoms with Crippen molar-refractivity contribution >= 4 is 7.60 Å². The smallest absolute Gasteiger partial charge is 0.320 e. The fraction of sp³-hybridized carbons (Fsp3) is 0.929. The molecule has 2 unspecified atom stereocenters. The first-order valence-electron chi connectivity index (χ1n) is 14.2. The van der Waals surface area contributed by atoms with E-state index in [1.807, 2.05) is 21.1 Å². The van der Waals surface area contributed by atoms with E-state index >= 15 is 0 Å². The average molecular weight is 489 g/mol. The van der Waals surface area contributed by atoms with E-state index in [4.69, 9.17) is 4.52 Å². The molecular formula is C28H59NO3P+. The van der Waals surface area contributed by atoms with Gasteiger partial charge in [0.25, 0.3) is 0 Å². The highest BCUT2D eigenvalue weighted by molar-refractivity contribution is 7.53. The van der Waals surface area contributed by atoms with Crippen molar-refractivity contribution in [3.8, 4) is 0 Å². The molecule has 0 rings (SSSR count). The van der Waals surface area contributed by atoms with Crippen LogP contribution in [0.3, 0.4) is 0 Å². The minimum absolute atomic E-state index is 0.340. The van der Waals surface area contributed by atoms with Crippen LogP contribution in [0.2, 0.25) is 0 Å². The zero-order valence-corrected chi connectivity index (χ0v) is 23.9. The molecule has 1 N–H and O–H groups in total. The molecule has 0 aliphatic carbocycles. The molecule has 0 radical (unpaired) electrons. The van der Waals surface area contributed by atoms with E-state index in [9.17, 15) is 9.46 Å².